The molecular formula is C25H20ClN3O4. The predicted octanol–water partition coefficient (Wildman–Crippen LogP) is 5.86. The minimum Gasteiger partial charge on any atom is -0.495 e. The zero-order valence-corrected chi connectivity index (χ0v) is 18.7. The number of hydrogen-bond donors (Lipinski definition) is 1. The molecule has 4 aromatic rings. The Morgan fingerprint density at radius 1 is 0.848 bits per heavy atom. The highest BCUT2D eigenvalue weighted by Gasteiger charge is 2.11. The van der Waals surface area contributed by atoms with Crippen molar-refractivity contribution in [2.75, 3.05) is 19.5 Å². The Morgan fingerprint density at radius 3 is 2.27 bits per heavy atom. The second-order valence-corrected chi connectivity index (χ2v) is 7.28. The molecule has 0 unspecified atom stereocenters. The van der Waals surface area contributed by atoms with Crippen molar-refractivity contribution in [1.29, 1.82) is 0 Å². The van der Waals surface area contributed by atoms with E-state index in [1.165, 1.54) is 13.4 Å². The van der Waals surface area contributed by atoms with Crippen molar-refractivity contribution >= 4 is 23.2 Å². The minimum atomic E-state index is -0.259. The van der Waals surface area contributed by atoms with Crippen molar-refractivity contribution in [2.45, 2.75) is 0 Å². The summed E-state index contributed by atoms with van der Waals surface area (Å²) in [5.41, 5.74) is 2.53. The van der Waals surface area contributed by atoms with E-state index in [9.17, 15) is 4.79 Å². The number of rotatable bonds is 7. The van der Waals surface area contributed by atoms with Crippen molar-refractivity contribution in [3.8, 4) is 34.4 Å². The Balaban J connectivity index is 1.48. The Hall–Kier alpha value is -4.10. The van der Waals surface area contributed by atoms with E-state index < -0.39 is 0 Å². The lowest BCUT2D eigenvalue weighted by Gasteiger charge is -2.10. The van der Waals surface area contributed by atoms with E-state index in [2.05, 4.69) is 15.3 Å². The van der Waals surface area contributed by atoms with Gasteiger partial charge < -0.3 is 19.5 Å². The number of halogens is 1. The molecule has 0 aliphatic carbocycles. The van der Waals surface area contributed by atoms with Gasteiger partial charge in [-0.2, -0.15) is 0 Å². The van der Waals surface area contributed by atoms with E-state index in [1.807, 2.05) is 24.3 Å². The van der Waals surface area contributed by atoms with Crippen LogP contribution in [0.5, 0.6) is 23.1 Å². The zero-order valence-electron chi connectivity index (χ0n) is 17.9. The number of ether oxygens (including phenoxy) is 3. The van der Waals surface area contributed by atoms with E-state index in [1.54, 1.807) is 55.6 Å². The van der Waals surface area contributed by atoms with Gasteiger partial charge in [-0.1, -0.05) is 35.9 Å². The summed E-state index contributed by atoms with van der Waals surface area (Å²) in [6.45, 7) is 0. The summed E-state index contributed by atoms with van der Waals surface area (Å²) in [6.07, 6.45) is 1.42. The van der Waals surface area contributed by atoms with Gasteiger partial charge in [-0.3, -0.25) is 4.79 Å². The number of benzene rings is 3. The van der Waals surface area contributed by atoms with E-state index in [0.717, 1.165) is 5.56 Å². The average Bonchev–Trinajstić information content (AvgIpc) is 2.85. The number of amides is 1. The summed E-state index contributed by atoms with van der Waals surface area (Å²) in [5, 5.41) is 3.24. The number of anilines is 1. The first kappa shape index (κ1) is 22.1. The monoisotopic (exact) mass is 461 g/mol. The molecule has 1 N–H and O–H groups in total. The molecule has 1 amide bonds. The van der Waals surface area contributed by atoms with E-state index in [-0.39, 0.29) is 5.91 Å². The van der Waals surface area contributed by atoms with Gasteiger partial charge in [0.05, 0.1) is 24.9 Å². The third-order valence-corrected chi connectivity index (χ3v) is 5.07. The molecule has 0 bridgehead atoms. The number of nitrogens with zero attached hydrogens (tertiary/aromatic N) is 2. The van der Waals surface area contributed by atoms with E-state index in [0.29, 0.717) is 45.1 Å². The van der Waals surface area contributed by atoms with Gasteiger partial charge in [0.15, 0.2) is 11.5 Å². The highest BCUT2D eigenvalue weighted by atomic mass is 35.5. The molecule has 0 fully saturated rings. The fraction of sp³-hybridized carbons (Fsp3) is 0.0800. The Morgan fingerprint density at radius 2 is 1.58 bits per heavy atom. The molecule has 0 aliphatic heterocycles. The summed E-state index contributed by atoms with van der Waals surface area (Å²) in [6, 6.07) is 21.2. The average molecular weight is 462 g/mol. The van der Waals surface area contributed by atoms with Crippen LogP contribution in [0.2, 0.25) is 5.02 Å². The van der Waals surface area contributed by atoms with Crippen LogP contribution in [0.4, 0.5) is 5.69 Å². The third kappa shape index (κ3) is 5.22. The fourth-order valence-corrected chi connectivity index (χ4v) is 3.37. The SMILES string of the molecule is COc1ccc(NC(=O)c2ccc(-c3cc(Oc4ccccc4OC)ncn3)cc2)cc1Cl. The normalized spacial score (nSPS) is 10.4. The maximum atomic E-state index is 12.6. The van der Waals surface area contributed by atoms with Crippen molar-refractivity contribution < 1.29 is 19.0 Å². The molecule has 0 radical (unpaired) electrons. The van der Waals surface area contributed by atoms with Gasteiger partial charge in [0.1, 0.15) is 12.1 Å². The van der Waals surface area contributed by atoms with Crippen LogP contribution in [0.25, 0.3) is 11.3 Å². The number of aromatic nitrogens is 2. The molecule has 0 saturated carbocycles. The lowest BCUT2D eigenvalue weighted by molar-refractivity contribution is 0.102. The van der Waals surface area contributed by atoms with Gasteiger partial charge in [0, 0.05) is 22.9 Å². The van der Waals surface area contributed by atoms with Gasteiger partial charge in [-0.25, -0.2) is 9.97 Å². The van der Waals surface area contributed by atoms with Gasteiger partial charge in [0.2, 0.25) is 5.88 Å². The maximum Gasteiger partial charge on any atom is 0.255 e. The van der Waals surface area contributed by atoms with Crippen LogP contribution in [0.15, 0.2) is 79.1 Å². The number of hydrogen-bond acceptors (Lipinski definition) is 6. The van der Waals surface area contributed by atoms with Gasteiger partial charge in [-0.15, -0.1) is 0 Å². The second-order valence-electron chi connectivity index (χ2n) is 6.88. The highest BCUT2D eigenvalue weighted by molar-refractivity contribution is 6.32. The van der Waals surface area contributed by atoms with Crippen LogP contribution in [-0.4, -0.2) is 30.1 Å². The summed E-state index contributed by atoms with van der Waals surface area (Å²) in [5.74, 6) is 1.81. The molecule has 8 heteroatoms. The van der Waals surface area contributed by atoms with Crippen LogP contribution in [0.1, 0.15) is 10.4 Å². The van der Waals surface area contributed by atoms with Gasteiger partial charge >= 0.3 is 0 Å². The van der Waals surface area contributed by atoms with E-state index in [4.69, 9.17) is 25.8 Å². The molecule has 0 saturated heterocycles. The number of nitrogens with one attached hydrogen (secondary N) is 1. The quantitative estimate of drug-likeness (QED) is 0.371. The standard InChI is InChI=1S/C25H20ClN3O4/c1-31-21-12-11-18(13-19(21)26)29-25(30)17-9-7-16(8-10-17)20-14-24(28-15-27-20)33-23-6-4-3-5-22(23)32-2/h3-15H,1-2H3,(H,29,30). The predicted molar refractivity (Wildman–Crippen MR) is 126 cm³/mol. The molecule has 0 spiro atoms. The van der Waals surface area contributed by atoms with Crippen molar-refractivity contribution in [2.24, 2.45) is 0 Å². The Kier molecular flexibility index (Phi) is 6.71. The summed E-state index contributed by atoms with van der Waals surface area (Å²) in [4.78, 5) is 21.1. The smallest absolute Gasteiger partial charge is 0.255 e. The first-order valence-corrected chi connectivity index (χ1v) is 10.3. The maximum absolute atomic E-state index is 12.6. The second kappa shape index (κ2) is 10.0. The molecule has 33 heavy (non-hydrogen) atoms. The number of carbonyl (C=O) groups excluding carboxylic acids is 1. The zero-order chi connectivity index (χ0) is 23.2. The Bertz CT molecular complexity index is 1280. The molecule has 1 aromatic heterocycles. The fourth-order valence-electron chi connectivity index (χ4n) is 3.11. The third-order valence-electron chi connectivity index (χ3n) is 4.78. The molecule has 4 rings (SSSR count). The highest BCUT2D eigenvalue weighted by Crippen LogP contribution is 2.31. The van der Waals surface area contributed by atoms with Crippen molar-refractivity contribution in [3.63, 3.8) is 0 Å². The number of carbonyl (C=O) groups is 1. The lowest BCUT2D eigenvalue weighted by Crippen LogP contribution is -2.11. The minimum absolute atomic E-state index is 0.259. The van der Waals surface area contributed by atoms with Crippen LogP contribution < -0.4 is 19.5 Å². The van der Waals surface area contributed by atoms with Crippen molar-refractivity contribution in [1.82, 2.24) is 9.97 Å². The van der Waals surface area contributed by atoms with Crippen LogP contribution >= 0.6 is 11.6 Å². The largest absolute Gasteiger partial charge is 0.495 e. The van der Waals surface area contributed by atoms with Crippen LogP contribution in [-0.2, 0) is 0 Å². The van der Waals surface area contributed by atoms with Gasteiger partial charge in [0.25, 0.3) is 5.91 Å². The topological polar surface area (TPSA) is 82.6 Å². The van der Waals surface area contributed by atoms with Crippen molar-refractivity contribution in [3.05, 3.63) is 89.7 Å². The number of methoxy groups -OCH3 is 2. The summed E-state index contributed by atoms with van der Waals surface area (Å²) in [7, 11) is 3.11. The number of para-hydroxylation sites is 2. The molecule has 3 aromatic carbocycles. The van der Waals surface area contributed by atoms with Crippen LogP contribution in [0, 0.1) is 0 Å². The molecule has 0 atom stereocenters. The molecular weight excluding hydrogens is 442 g/mol. The first-order valence-electron chi connectivity index (χ1n) is 9.95. The summed E-state index contributed by atoms with van der Waals surface area (Å²) >= 11 is 6.12. The Labute approximate surface area is 195 Å². The summed E-state index contributed by atoms with van der Waals surface area (Å²) < 4.78 is 16.3. The van der Waals surface area contributed by atoms with E-state index >= 15 is 0 Å². The van der Waals surface area contributed by atoms with Crippen LogP contribution in [0.3, 0.4) is 0 Å². The van der Waals surface area contributed by atoms with Gasteiger partial charge in [-0.05, 0) is 42.5 Å². The first-order chi connectivity index (χ1) is 16.1. The molecule has 1 heterocycles. The molecule has 0 aliphatic rings. The molecule has 7 nitrogen and oxygen atoms in total. The molecule has 166 valence electrons. The lowest BCUT2D eigenvalue weighted by atomic mass is 10.1.